The third-order valence-electron chi connectivity index (χ3n) is 5.28. The van der Waals surface area contributed by atoms with E-state index in [0.29, 0.717) is 30.4 Å². The molecule has 0 aliphatic carbocycles. The minimum atomic E-state index is -0.0439. The molecule has 1 amide bonds. The van der Waals surface area contributed by atoms with Crippen molar-refractivity contribution in [1.82, 2.24) is 15.3 Å². The highest BCUT2D eigenvalue weighted by molar-refractivity contribution is 7.17. The molecule has 0 fully saturated rings. The first kappa shape index (κ1) is 23.0. The van der Waals surface area contributed by atoms with Gasteiger partial charge in [0.1, 0.15) is 16.5 Å². The van der Waals surface area contributed by atoms with Crippen LogP contribution in [0.3, 0.4) is 0 Å². The molecule has 0 aliphatic heterocycles. The molecule has 0 bridgehead atoms. The van der Waals surface area contributed by atoms with E-state index in [2.05, 4.69) is 15.7 Å². The van der Waals surface area contributed by atoms with Crippen LogP contribution >= 0.6 is 22.7 Å². The first-order valence-electron chi connectivity index (χ1n) is 10.6. The highest BCUT2D eigenvalue weighted by Crippen LogP contribution is 2.41. The topological polar surface area (TPSA) is 76.6 Å². The van der Waals surface area contributed by atoms with Crippen LogP contribution in [0, 0.1) is 6.92 Å². The van der Waals surface area contributed by atoms with Gasteiger partial charge in [0, 0.05) is 22.4 Å². The summed E-state index contributed by atoms with van der Waals surface area (Å²) in [7, 11) is 3.24. The van der Waals surface area contributed by atoms with E-state index in [0.717, 1.165) is 32.0 Å². The average molecular weight is 483 g/mol. The monoisotopic (exact) mass is 482 g/mol. The van der Waals surface area contributed by atoms with Gasteiger partial charge in [0.15, 0.2) is 11.5 Å². The fourth-order valence-electron chi connectivity index (χ4n) is 3.64. The first-order valence-corrected chi connectivity index (χ1v) is 12.3. The normalized spacial score (nSPS) is 10.9. The van der Waals surface area contributed by atoms with Gasteiger partial charge in [-0.3, -0.25) is 4.79 Å². The Hall–Kier alpha value is -3.17. The Bertz CT molecular complexity index is 1250. The van der Waals surface area contributed by atoms with Gasteiger partial charge in [0.2, 0.25) is 5.91 Å². The number of thiophene rings is 2. The van der Waals surface area contributed by atoms with Crippen LogP contribution in [0.25, 0.3) is 21.3 Å². The number of amides is 1. The van der Waals surface area contributed by atoms with Crippen LogP contribution in [-0.2, 0) is 11.3 Å². The van der Waals surface area contributed by atoms with E-state index in [-0.39, 0.29) is 12.5 Å². The quantitative estimate of drug-likeness (QED) is 0.366. The molecule has 3 aromatic heterocycles. The lowest BCUT2D eigenvalue weighted by molar-refractivity contribution is -0.119. The summed E-state index contributed by atoms with van der Waals surface area (Å²) in [4.78, 5) is 26.1. The Labute approximate surface area is 201 Å². The fraction of sp³-hybridized carbons (Fsp3) is 0.292. The third-order valence-corrected chi connectivity index (χ3v) is 7.03. The average Bonchev–Trinajstić information content (AvgIpc) is 3.50. The maximum atomic E-state index is 12.7. The summed E-state index contributed by atoms with van der Waals surface area (Å²) in [5.41, 5.74) is 1.98. The molecule has 0 unspecified atom stereocenters. The van der Waals surface area contributed by atoms with Crippen molar-refractivity contribution in [1.29, 1.82) is 0 Å². The third kappa shape index (κ3) is 4.94. The van der Waals surface area contributed by atoms with Gasteiger partial charge in [0.05, 0.1) is 32.7 Å². The number of hydrogen-bond donors (Lipinski definition) is 1. The molecule has 1 N–H and O–H groups in total. The molecule has 0 atom stereocenters. The zero-order valence-electron chi connectivity index (χ0n) is 19.0. The first-order chi connectivity index (χ1) is 16.0. The maximum absolute atomic E-state index is 12.7. The van der Waals surface area contributed by atoms with Crippen LogP contribution < -0.4 is 19.7 Å². The molecular weight excluding hydrogens is 456 g/mol. The number of rotatable bonds is 9. The molecular formula is C24H26N4O3S2. The summed E-state index contributed by atoms with van der Waals surface area (Å²) in [6, 6.07) is 9.84. The van der Waals surface area contributed by atoms with E-state index in [1.54, 1.807) is 36.9 Å². The SMILES string of the molecule is CCN(CC(=O)NCc1cccs1)c1nc(C)nc2scc(-c3ccc(OC)c(OC)c3)c12. The summed E-state index contributed by atoms with van der Waals surface area (Å²) in [5.74, 6) is 2.72. The number of methoxy groups -OCH3 is 2. The molecule has 0 radical (unpaired) electrons. The highest BCUT2D eigenvalue weighted by atomic mass is 32.1. The van der Waals surface area contributed by atoms with Gasteiger partial charge in [0.25, 0.3) is 0 Å². The van der Waals surface area contributed by atoms with Crippen LogP contribution in [0.5, 0.6) is 11.5 Å². The second kappa shape index (κ2) is 10.2. The largest absolute Gasteiger partial charge is 0.493 e. The fourth-order valence-corrected chi connectivity index (χ4v) is 5.27. The Morgan fingerprint density at radius 3 is 2.64 bits per heavy atom. The molecule has 9 heteroatoms. The standard InChI is InChI=1S/C24H26N4O3S2/c1-5-28(13-21(29)25-12-17-7-6-10-32-17)23-22-18(14-33-24(22)27-15(2)26-23)16-8-9-19(30-3)20(11-16)31-4/h6-11,14H,5,12-13H2,1-4H3,(H,25,29). The maximum Gasteiger partial charge on any atom is 0.239 e. The molecule has 172 valence electrons. The van der Waals surface area contributed by atoms with Crippen LogP contribution in [0.2, 0.25) is 0 Å². The summed E-state index contributed by atoms with van der Waals surface area (Å²) < 4.78 is 10.9. The number of nitrogens with zero attached hydrogens (tertiary/aromatic N) is 3. The van der Waals surface area contributed by atoms with Crippen molar-refractivity contribution in [3.63, 3.8) is 0 Å². The number of ether oxygens (including phenoxy) is 2. The Morgan fingerprint density at radius 2 is 1.94 bits per heavy atom. The molecule has 1 aromatic carbocycles. The van der Waals surface area contributed by atoms with Crippen molar-refractivity contribution in [3.8, 4) is 22.6 Å². The number of anilines is 1. The van der Waals surface area contributed by atoms with Crippen molar-refractivity contribution in [3.05, 3.63) is 51.8 Å². The number of aryl methyl sites for hydroxylation is 1. The van der Waals surface area contributed by atoms with E-state index < -0.39 is 0 Å². The van der Waals surface area contributed by atoms with E-state index in [1.165, 1.54) is 0 Å². The molecule has 0 aliphatic rings. The molecule has 4 aromatic rings. The van der Waals surface area contributed by atoms with Crippen molar-refractivity contribution < 1.29 is 14.3 Å². The number of carbonyl (C=O) groups is 1. The lowest BCUT2D eigenvalue weighted by Gasteiger charge is -2.23. The van der Waals surface area contributed by atoms with E-state index in [9.17, 15) is 4.79 Å². The molecule has 4 rings (SSSR count). The zero-order chi connectivity index (χ0) is 23.4. The van der Waals surface area contributed by atoms with Crippen LogP contribution in [0.15, 0.2) is 41.1 Å². The summed E-state index contributed by atoms with van der Waals surface area (Å²) in [5, 5.41) is 8.03. The zero-order valence-corrected chi connectivity index (χ0v) is 20.7. The Balaban J connectivity index is 1.69. The van der Waals surface area contributed by atoms with Crippen molar-refractivity contribution in [2.24, 2.45) is 0 Å². The van der Waals surface area contributed by atoms with E-state index >= 15 is 0 Å². The Morgan fingerprint density at radius 1 is 1.12 bits per heavy atom. The minimum absolute atomic E-state index is 0.0439. The highest BCUT2D eigenvalue weighted by Gasteiger charge is 2.21. The second-order valence-electron chi connectivity index (χ2n) is 7.36. The summed E-state index contributed by atoms with van der Waals surface area (Å²) in [6.45, 7) is 5.29. The number of benzene rings is 1. The van der Waals surface area contributed by atoms with Crippen molar-refractivity contribution in [2.75, 3.05) is 32.2 Å². The molecule has 33 heavy (non-hydrogen) atoms. The van der Waals surface area contributed by atoms with E-state index in [4.69, 9.17) is 14.5 Å². The number of carbonyl (C=O) groups excluding carboxylic acids is 1. The number of hydrogen-bond acceptors (Lipinski definition) is 8. The minimum Gasteiger partial charge on any atom is -0.493 e. The van der Waals surface area contributed by atoms with Gasteiger partial charge in [-0.05, 0) is 43.0 Å². The van der Waals surface area contributed by atoms with E-state index in [1.807, 2.05) is 54.5 Å². The Kier molecular flexibility index (Phi) is 7.10. The molecule has 3 heterocycles. The molecule has 7 nitrogen and oxygen atoms in total. The van der Waals surface area contributed by atoms with Crippen molar-refractivity contribution >= 4 is 44.6 Å². The van der Waals surface area contributed by atoms with Gasteiger partial charge in [-0.25, -0.2) is 9.97 Å². The van der Waals surface area contributed by atoms with Gasteiger partial charge in [-0.1, -0.05) is 12.1 Å². The van der Waals surface area contributed by atoms with Gasteiger partial charge < -0.3 is 19.7 Å². The van der Waals surface area contributed by atoms with Gasteiger partial charge in [-0.2, -0.15) is 0 Å². The van der Waals surface area contributed by atoms with Crippen molar-refractivity contribution in [2.45, 2.75) is 20.4 Å². The van der Waals surface area contributed by atoms with Crippen LogP contribution in [0.4, 0.5) is 5.82 Å². The van der Waals surface area contributed by atoms with Gasteiger partial charge in [-0.15, -0.1) is 22.7 Å². The number of aromatic nitrogens is 2. The predicted molar refractivity (Wildman–Crippen MR) is 135 cm³/mol. The number of nitrogens with one attached hydrogen (secondary N) is 1. The molecule has 0 saturated carbocycles. The summed E-state index contributed by atoms with van der Waals surface area (Å²) >= 11 is 3.20. The smallest absolute Gasteiger partial charge is 0.239 e. The second-order valence-corrected chi connectivity index (χ2v) is 9.25. The predicted octanol–water partition coefficient (Wildman–Crippen LogP) is 4.89. The van der Waals surface area contributed by atoms with Gasteiger partial charge >= 0.3 is 0 Å². The molecule has 0 saturated heterocycles. The summed E-state index contributed by atoms with van der Waals surface area (Å²) in [6.07, 6.45) is 0. The molecule has 0 spiro atoms. The number of fused-ring (bicyclic) bond motifs is 1. The van der Waals surface area contributed by atoms with Crippen LogP contribution in [-0.4, -0.2) is 43.2 Å². The van der Waals surface area contributed by atoms with Crippen LogP contribution in [0.1, 0.15) is 17.6 Å². The number of likely N-dealkylation sites (N-methyl/N-ethyl adjacent to an activating group) is 1. The lowest BCUT2D eigenvalue weighted by atomic mass is 10.0. The lowest BCUT2D eigenvalue weighted by Crippen LogP contribution is -2.37.